The van der Waals surface area contributed by atoms with Crippen molar-refractivity contribution in [3.63, 3.8) is 0 Å². The third-order valence-corrected chi connectivity index (χ3v) is 5.77. The molecule has 2 saturated carbocycles. The number of nitrogens with one attached hydrogen (secondary N) is 2. The van der Waals surface area contributed by atoms with Crippen molar-refractivity contribution in [1.82, 2.24) is 10.6 Å². The molecule has 27 heavy (non-hydrogen) atoms. The lowest BCUT2D eigenvalue weighted by atomic mass is 9.95. The van der Waals surface area contributed by atoms with Gasteiger partial charge in [0, 0.05) is 17.7 Å². The second-order valence-corrected chi connectivity index (χ2v) is 7.60. The Morgan fingerprint density at radius 1 is 1.11 bits per heavy atom. The lowest BCUT2D eigenvalue weighted by molar-refractivity contribution is -0.118. The average molecular weight is 364 g/mol. The molecule has 1 heterocycles. The number of carbonyl (C=O) groups excluding carboxylic acids is 2. The van der Waals surface area contributed by atoms with Crippen LogP contribution in [-0.4, -0.2) is 17.9 Å². The van der Waals surface area contributed by atoms with Crippen molar-refractivity contribution in [2.24, 2.45) is 11.8 Å². The molecule has 4 rings (SSSR count). The SMILES string of the molecule is Cc1ccccc1C(=O)N/C(=C\c1ccco1)C(=O)N[C@@H]1C[C@@H]2CC[C@@H]1C2. The van der Waals surface area contributed by atoms with Crippen molar-refractivity contribution in [3.05, 3.63) is 65.2 Å². The first kappa shape index (κ1) is 17.6. The van der Waals surface area contributed by atoms with Crippen LogP contribution in [0.1, 0.15) is 47.4 Å². The van der Waals surface area contributed by atoms with Crippen LogP contribution in [0, 0.1) is 18.8 Å². The van der Waals surface area contributed by atoms with Crippen LogP contribution in [0.25, 0.3) is 6.08 Å². The standard InChI is InChI=1S/C22H24N2O3/c1-14-5-2-3-7-18(14)21(25)24-20(13-17-6-4-10-27-17)22(26)23-19-12-15-8-9-16(19)11-15/h2-7,10,13,15-16,19H,8-9,11-12H2,1H3,(H,23,26)(H,24,25)/b20-13-/t15-,16-,19-/m1/s1. The molecule has 2 aromatic rings. The summed E-state index contributed by atoms with van der Waals surface area (Å²) in [6.45, 7) is 1.88. The fourth-order valence-corrected chi connectivity index (χ4v) is 4.36. The zero-order valence-corrected chi connectivity index (χ0v) is 15.4. The number of rotatable bonds is 5. The van der Waals surface area contributed by atoms with Crippen LogP contribution >= 0.6 is 0 Å². The number of aryl methyl sites for hydroxylation is 1. The van der Waals surface area contributed by atoms with Gasteiger partial charge in [-0.2, -0.15) is 0 Å². The minimum Gasteiger partial charge on any atom is -0.465 e. The van der Waals surface area contributed by atoms with E-state index in [2.05, 4.69) is 10.6 Å². The number of hydrogen-bond acceptors (Lipinski definition) is 3. The zero-order valence-electron chi connectivity index (χ0n) is 15.4. The molecule has 0 saturated heterocycles. The van der Waals surface area contributed by atoms with Gasteiger partial charge in [-0.25, -0.2) is 0 Å². The molecule has 2 aliphatic carbocycles. The Morgan fingerprint density at radius 2 is 1.96 bits per heavy atom. The molecule has 0 aliphatic heterocycles. The lowest BCUT2D eigenvalue weighted by Crippen LogP contribution is -2.42. The van der Waals surface area contributed by atoms with Gasteiger partial charge in [-0.3, -0.25) is 9.59 Å². The summed E-state index contributed by atoms with van der Waals surface area (Å²) < 4.78 is 5.34. The van der Waals surface area contributed by atoms with Crippen LogP contribution in [-0.2, 0) is 4.79 Å². The third kappa shape index (κ3) is 3.82. The largest absolute Gasteiger partial charge is 0.465 e. The van der Waals surface area contributed by atoms with E-state index in [1.807, 2.05) is 25.1 Å². The van der Waals surface area contributed by atoms with Crippen LogP contribution in [0.4, 0.5) is 0 Å². The minimum atomic E-state index is -0.297. The number of amides is 2. The van der Waals surface area contributed by atoms with Crippen molar-refractivity contribution in [2.75, 3.05) is 0 Å². The van der Waals surface area contributed by atoms with Gasteiger partial charge in [-0.05, 0) is 61.8 Å². The van der Waals surface area contributed by atoms with Gasteiger partial charge in [0.2, 0.25) is 0 Å². The first-order chi connectivity index (χ1) is 13.1. The highest BCUT2D eigenvalue weighted by molar-refractivity contribution is 6.05. The number of carbonyl (C=O) groups is 2. The summed E-state index contributed by atoms with van der Waals surface area (Å²) >= 11 is 0. The third-order valence-electron chi connectivity index (χ3n) is 5.77. The monoisotopic (exact) mass is 364 g/mol. The van der Waals surface area contributed by atoms with Crippen LogP contribution in [0.3, 0.4) is 0 Å². The second-order valence-electron chi connectivity index (χ2n) is 7.60. The number of hydrogen-bond donors (Lipinski definition) is 2. The summed E-state index contributed by atoms with van der Waals surface area (Å²) in [6, 6.07) is 11.0. The highest BCUT2D eigenvalue weighted by atomic mass is 16.3. The molecule has 2 fully saturated rings. The molecule has 2 amide bonds. The van der Waals surface area contributed by atoms with Crippen LogP contribution in [0.5, 0.6) is 0 Å². The molecular weight excluding hydrogens is 340 g/mol. The molecule has 2 N–H and O–H groups in total. The van der Waals surface area contributed by atoms with Crippen LogP contribution < -0.4 is 10.6 Å². The molecule has 1 aromatic heterocycles. The van der Waals surface area contributed by atoms with E-state index in [1.54, 1.807) is 30.5 Å². The van der Waals surface area contributed by atoms with Crippen molar-refractivity contribution >= 4 is 17.9 Å². The molecule has 0 unspecified atom stereocenters. The smallest absolute Gasteiger partial charge is 0.268 e. The molecule has 140 valence electrons. The van der Waals surface area contributed by atoms with Crippen LogP contribution in [0.2, 0.25) is 0 Å². The topological polar surface area (TPSA) is 71.3 Å². The van der Waals surface area contributed by atoms with Gasteiger partial charge >= 0.3 is 0 Å². The highest BCUT2D eigenvalue weighted by Gasteiger charge is 2.40. The van der Waals surface area contributed by atoms with Crippen molar-refractivity contribution in [1.29, 1.82) is 0 Å². The van der Waals surface area contributed by atoms with Gasteiger partial charge < -0.3 is 15.1 Å². The number of benzene rings is 1. The fraction of sp³-hybridized carbons (Fsp3) is 0.364. The summed E-state index contributed by atoms with van der Waals surface area (Å²) in [5.41, 5.74) is 1.62. The van der Waals surface area contributed by atoms with Gasteiger partial charge in [-0.15, -0.1) is 0 Å². The van der Waals surface area contributed by atoms with E-state index in [4.69, 9.17) is 4.42 Å². The fourth-order valence-electron chi connectivity index (χ4n) is 4.36. The first-order valence-electron chi connectivity index (χ1n) is 9.53. The zero-order chi connectivity index (χ0) is 18.8. The minimum absolute atomic E-state index is 0.201. The second kappa shape index (κ2) is 7.43. The predicted molar refractivity (Wildman–Crippen MR) is 103 cm³/mol. The van der Waals surface area contributed by atoms with Crippen molar-refractivity contribution in [2.45, 2.75) is 38.6 Å². The molecule has 1 aromatic carbocycles. The van der Waals surface area contributed by atoms with E-state index in [9.17, 15) is 9.59 Å². The Balaban J connectivity index is 1.53. The Bertz CT molecular complexity index is 869. The van der Waals surface area contributed by atoms with E-state index >= 15 is 0 Å². The van der Waals surface area contributed by atoms with Crippen LogP contribution in [0.15, 0.2) is 52.8 Å². The highest BCUT2D eigenvalue weighted by Crippen LogP contribution is 2.44. The molecule has 5 heteroatoms. The summed E-state index contributed by atoms with van der Waals surface area (Å²) in [6.07, 6.45) is 7.83. The first-order valence-corrected chi connectivity index (χ1v) is 9.53. The normalized spacial score (nSPS) is 24.0. The quantitative estimate of drug-likeness (QED) is 0.796. The number of furan rings is 1. The molecule has 0 spiro atoms. The Morgan fingerprint density at radius 3 is 2.63 bits per heavy atom. The predicted octanol–water partition coefficient (Wildman–Crippen LogP) is 3.66. The van der Waals surface area contributed by atoms with E-state index in [-0.39, 0.29) is 23.6 Å². The van der Waals surface area contributed by atoms with Gasteiger partial charge in [0.1, 0.15) is 11.5 Å². The molecule has 0 radical (unpaired) electrons. The molecule has 3 atom stereocenters. The van der Waals surface area contributed by atoms with E-state index < -0.39 is 0 Å². The van der Waals surface area contributed by atoms with E-state index in [1.165, 1.54) is 19.3 Å². The van der Waals surface area contributed by atoms with Crippen molar-refractivity contribution in [3.8, 4) is 0 Å². The summed E-state index contributed by atoms with van der Waals surface area (Å²) in [4.78, 5) is 25.6. The molecule has 5 nitrogen and oxygen atoms in total. The molecule has 2 bridgehead atoms. The van der Waals surface area contributed by atoms with Gasteiger partial charge in [-0.1, -0.05) is 24.6 Å². The number of fused-ring (bicyclic) bond motifs is 2. The Kier molecular flexibility index (Phi) is 4.84. The van der Waals surface area contributed by atoms with Crippen molar-refractivity contribution < 1.29 is 14.0 Å². The Hall–Kier alpha value is -2.82. The summed E-state index contributed by atoms with van der Waals surface area (Å²) in [5, 5.41) is 5.91. The van der Waals surface area contributed by atoms with E-state index in [0.717, 1.165) is 17.9 Å². The maximum atomic E-state index is 12.9. The average Bonchev–Trinajstić information content (AvgIpc) is 3.39. The summed E-state index contributed by atoms with van der Waals surface area (Å²) in [7, 11) is 0. The maximum absolute atomic E-state index is 12.9. The van der Waals surface area contributed by atoms with Gasteiger partial charge in [0.05, 0.1) is 6.26 Å². The molecule has 2 aliphatic rings. The van der Waals surface area contributed by atoms with Gasteiger partial charge in [0.25, 0.3) is 11.8 Å². The maximum Gasteiger partial charge on any atom is 0.268 e. The summed E-state index contributed by atoms with van der Waals surface area (Å²) in [5.74, 6) is 1.27. The van der Waals surface area contributed by atoms with E-state index in [0.29, 0.717) is 17.2 Å². The molecular formula is C22H24N2O3. The van der Waals surface area contributed by atoms with Gasteiger partial charge in [0.15, 0.2) is 0 Å². The lowest BCUT2D eigenvalue weighted by Gasteiger charge is -2.23. The Labute approximate surface area is 158 Å².